The molecule has 1 aliphatic carbocycles. The summed E-state index contributed by atoms with van der Waals surface area (Å²) in [4.78, 5) is 0. The second-order valence-corrected chi connectivity index (χ2v) is 5.01. The van der Waals surface area contributed by atoms with Crippen LogP contribution in [0, 0.1) is 0 Å². The fourth-order valence-corrected chi connectivity index (χ4v) is 2.79. The van der Waals surface area contributed by atoms with Crippen LogP contribution in [0.15, 0.2) is 24.3 Å². The number of aryl methyl sites for hydroxylation is 1. The number of rotatable bonds is 2. The molecule has 0 radical (unpaired) electrons. The lowest BCUT2D eigenvalue weighted by molar-refractivity contribution is 0.505. The minimum Gasteiger partial charge on any atom is -0.327 e. The highest BCUT2D eigenvalue weighted by Gasteiger charge is 2.21. The normalized spacial score (nSPS) is 26.4. The van der Waals surface area contributed by atoms with Gasteiger partial charge in [-0.3, -0.25) is 0 Å². The summed E-state index contributed by atoms with van der Waals surface area (Å²) in [6, 6.07) is 9.39. The lowest BCUT2D eigenvalue weighted by atomic mass is 9.87. The van der Waals surface area contributed by atoms with Crippen LogP contribution in [0.5, 0.6) is 0 Å². The molecule has 0 bridgehead atoms. The molecule has 2 atom stereocenters. The summed E-state index contributed by atoms with van der Waals surface area (Å²) >= 11 is 0. The van der Waals surface area contributed by atoms with E-state index in [0.29, 0.717) is 12.0 Å². The molecule has 0 aliphatic heterocycles. The van der Waals surface area contributed by atoms with Crippen molar-refractivity contribution in [2.75, 3.05) is 0 Å². The van der Waals surface area contributed by atoms with Crippen LogP contribution in [-0.4, -0.2) is 6.04 Å². The van der Waals surface area contributed by atoms with Crippen molar-refractivity contribution in [3.05, 3.63) is 35.4 Å². The van der Waals surface area contributed by atoms with E-state index in [0.717, 1.165) is 6.42 Å². The van der Waals surface area contributed by atoms with E-state index in [1.54, 1.807) is 0 Å². The van der Waals surface area contributed by atoms with Gasteiger partial charge in [0.05, 0.1) is 0 Å². The lowest BCUT2D eigenvalue weighted by Crippen LogP contribution is -2.27. The van der Waals surface area contributed by atoms with Gasteiger partial charge in [-0.05, 0) is 36.3 Å². The molecule has 2 rings (SSSR count). The van der Waals surface area contributed by atoms with E-state index < -0.39 is 0 Å². The second kappa shape index (κ2) is 5.49. The van der Waals surface area contributed by atoms with Gasteiger partial charge in [-0.15, -0.1) is 0 Å². The largest absolute Gasteiger partial charge is 0.327 e. The van der Waals surface area contributed by atoms with E-state index in [9.17, 15) is 0 Å². The van der Waals surface area contributed by atoms with Gasteiger partial charge in [-0.2, -0.15) is 0 Å². The molecule has 1 nitrogen and oxygen atoms in total. The van der Waals surface area contributed by atoms with Crippen molar-refractivity contribution in [2.45, 2.75) is 57.4 Å². The summed E-state index contributed by atoms with van der Waals surface area (Å²) in [6.45, 7) is 2.21. The van der Waals surface area contributed by atoms with Gasteiger partial charge < -0.3 is 5.73 Å². The Morgan fingerprint density at radius 2 is 2.00 bits per heavy atom. The summed E-state index contributed by atoms with van der Waals surface area (Å²) in [5, 5.41) is 0. The first-order chi connectivity index (χ1) is 7.81. The van der Waals surface area contributed by atoms with Crippen LogP contribution in [0.3, 0.4) is 0 Å². The third-order valence-corrected chi connectivity index (χ3v) is 3.86. The van der Waals surface area contributed by atoms with Gasteiger partial charge in [0, 0.05) is 6.04 Å². The molecule has 0 spiro atoms. The summed E-state index contributed by atoms with van der Waals surface area (Å²) in [6.07, 6.45) is 7.60. The first-order valence-corrected chi connectivity index (χ1v) is 6.65. The Bertz CT molecular complexity index is 332. The van der Waals surface area contributed by atoms with Crippen LogP contribution in [0.2, 0.25) is 0 Å². The lowest BCUT2D eigenvalue weighted by Gasteiger charge is -2.22. The molecule has 1 aromatic carbocycles. The molecule has 1 heteroatoms. The molecule has 0 heterocycles. The van der Waals surface area contributed by atoms with Crippen molar-refractivity contribution >= 4 is 0 Å². The van der Waals surface area contributed by atoms with Crippen molar-refractivity contribution in [2.24, 2.45) is 5.73 Å². The van der Waals surface area contributed by atoms with Crippen molar-refractivity contribution in [3.63, 3.8) is 0 Å². The van der Waals surface area contributed by atoms with Crippen LogP contribution in [0.25, 0.3) is 0 Å². The van der Waals surface area contributed by atoms with Gasteiger partial charge in [0.25, 0.3) is 0 Å². The Labute approximate surface area is 99.0 Å². The maximum Gasteiger partial charge on any atom is 0.0108 e. The predicted octanol–water partition coefficient (Wildman–Crippen LogP) is 3.62. The third-order valence-electron chi connectivity index (χ3n) is 3.86. The summed E-state index contributed by atoms with van der Waals surface area (Å²) < 4.78 is 0. The summed E-state index contributed by atoms with van der Waals surface area (Å²) in [7, 11) is 0. The summed E-state index contributed by atoms with van der Waals surface area (Å²) in [5.41, 5.74) is 9.21. The Morgan fingerprint density at radius 1 is 1.19 bits per heavy atom. The molecule has 1 aromatic rings. The zero-order valence-electron chi connectivity index (χ0n) is 10.3. The highest BCUT2D eigenvalue weighted by Crippen LogP contribution is 2.31. The smallest absolute Gasteiger partial charge is 0.0108 e. The summed E-state index contributed by atoms with van der Waals surface area (Å²) in [5.74, 6) is 0.592. The molecular weight excluding hydrogens is 194 g/mol. The average Bonchev–Trinajstić information content (AvgIpc) is 2.54. The monoisotopic (exact) mass is 217 g/mol. The maximum absolute atomic E-state index is 6.30. The number of benzene rings is 1. The van der Waals surface area contributed by atoms with E-state index in [2.05, 4.69) is 31.2 Å². The highest BCUT2D eigenvalue weighted by atomic mass is 14.6. The molecule has 1 fully saturated rings. The Balaban J connectivity index is 2.19. The van der Waals surface area contributed by atoms with E-state index >= 15 is 0 Å². The predicted molar refractivity (Wildman–Crippen MR) is 69.6 cm³/mol. The van der Waals surface area contributed by atoms with Crippen molar-refractivity contribution in [1.29, 1.82) is 0 Å². The van der Waals surface area contributed by atoms with Crippen LogP contribution in [0.4, 0.5) is 0 Å². The average molecular weight is 217 g/mol. The van der Waals surface area contributed by atoms with Crippen LogP contribution >= 0.6 is 0 Å². The van der Waals surface area contributed by atoms with E-state index in [1.165, 1.54) is 43.2 Å². The number of nitrogens with two attached hydrogens (primary N) is 1. The molecule has 0 aromatic heterocycles. The fraction of sp³-hybridized carbons (Fsp3) is 0.600. The van der Waals surface area contributed by atoms with Gasteiger partial charge in [-0.1, -0.05) is 50.5 Å². The quantitative estimate of drug-likeness (QED) is 0.752. The van der Waals surface area contributed by atoms with Crippen molar-refractivity contribution in [3.8, 4) is 0 Å². The molecule has 0 saturated heterocycles. The van der Waals surface area contributed by atoms with Gasteiger partial charge in [0.15, 0.2) is 0 Å². The first-order valence-electron chi connectivity index (χ1n) is 6.65. The Hall–Kier alpha value is -0.820. The van der Waals surface area contributed by atoms with Gasteiger partial charge >= 0.3 is 0 Å². The van der Waals surface area contributed by atoms with Crippen LogP contribution < -0.4 is 5.73 Å². The van der Waals surface area contributed by atoms with Gasteiger partial charge in [0.1, 0.15) is 0 Å². The zero-order valence-corrected chi connectivity index (χ0v) is 10.3. The minimum atomic E-state index is 0.370. The Morgan fingerprint density at radius 3 is 2.81 bits per heavy atom. The molecule has 88 valence electrons. The second-order valence-electron chi connectivity index (χ2n) is 5.01. The molecule has 16 heavy (non-hydrogen) atoms. The molecule has 2 unspecified atom stereocenters. The topological polar surface area (TPSA) is 26.0 Å². The molecule has 1 aliphatic rings. The molecule has 0 amide bonds. The maximum atomic E-state index is 6.30. The third kappa shape index (κ3) is 2.65. The zero-order chi connectivity index (χ0) is 11.4. The van der Waals surface area contributed by atoms with Crippen LogP contribution in [-0.2, 0) is 6.42 Å². The SMILES string of the molecule is CCc1cccc(C2CCCCCC2N)c1. The number of hydrogen-bond donors (Lipinski definition) is 1. The molecular formula is C15H23N. The molecule has 2 N–H and O–H groups in total. The van der Waals surface area contributed by atoms with Gasteiger partial charge in [-0.25, -0.2) is 0 Å². The minimum absolute atomic E-state index is 0.370. The van der Waals surface area contributed by atoms with Crippen molar-refractivity contribution < 1.29 is 0 Å². The first kappa shape index (κ1) is 11.7. The van der Waals surface area contributed by atoms with E-state index in [-0.39, 0.29) is 0 Å². The highest BCUT2D eigenvalue weighted by molar-refractivity contribution is 5.27. The van der Waals surface area contributed by atoms with Gasteiger partial charge in [0.2, 0.25) is 0 Å². The number of hydrogen-bond acceptors (Lipinski definition) is 1. The Kier molecular flexibility index (Phi) is 4.00. The van der Waals surface area contributed by atoms with E-state index in [4.69, 9.17) is 5.73 Å². The van der Waals surface area contributed by atoms with E-state index in [1.807, 2.05) is 0 Å². The van der Waals surface area contributed by atoms with Crippen LogP contribution in [0.1, 0.15) is 56.1 Å². The standard InChI is InChI=1S/C15H23N/c1-2-12-7-6-8-13(11-12)14-9-4-3-5-10-15(14)16/h6-8,11,14-15H,2-5,9-10,16H2,1H3. The molecule has 1 saturated carbocycles. The fourth-order valence-electron chi connectivity index (χ4n) is 2.79. The van der Waals surface area contributed by atoms with Crippen molar-refractivity contribution in [1.82, 2.24) is 0 Å².